The van der Waals surface area contributed by atoms with E-state index in [1.165, 1.54) is 24.3 Å². The van der Waals surface area contributed by atoms with Crippen LogP contribution in [0, 0.1) is 10.1 Å². The van der Waals surface area contributed by atoms with Gasteiger partial charge in [0.25, 0.3) is 5.69 Å². The Morgan fingerprint density at radius 2 is 1.76 bits per heavy atom. The third-order valence-electron chi connectivity index (χ3n) is 8.44. The molecule has 1 saturated heterocycles. The smallest absolute Gasteiger partial charge is 0.415 e. The number of anilines is 1. The van der Waals surface area contributed by atoms with Crippen molar-refractivity contribution in [3.63, 3.8) is 0 Å². The number of piperazine rings is 1. The predicted octanol–water partition coefficient (Wildman–Crippen LogP) is 7.23. The Labute approximate surface area is 273 Å². The highest BCUT2D eigenvalue weighted by Gasteiger charge is 2.54. The van der Waals surface area contributed by atoms with Gasteiger partial charge in [0, 0.05) is 66.9 Å². The number of hydrogen-bond donors (Lipinski definition) is 1. The molecule has 14 heteroatoms. The van der Waals surface area contributed by atoms with E-state index >= 15 is 0 Å². The molecule has 2 fully saturated rings. The average molecular weight is 661 g/mol. The number of amides is 1. The van der Waals surface area contributed by atoms with E-state index in [4.69, 9.17) is 37.7 Å². The maximum Gasteiger partial charge on any atom is 0.415 e. The number of carbonyl (C=O) groups excluding carboxylic acids is 1. The molecule has 4 heterocycles. The third kappa shape index (κ3) is 5.65. The monoisotopic (exact) mass is 659 g/mol. The lowest BCUT2D eigenvalue weighted by Gasteiger charge is -2.41. The van der Waals surface area contributed by atoms with Crippen molar-refractivity contribution in [2.24, 2.45) is 0 Å². The Morgan fingerprint density at radius 3 is 2.43 bits per heavy atom. The number of benzene rings is 2. The lowest BCUT2D eigenvalue weighted by molar-refractivity contribution is -0.384. The first-order chi connectivity index (χ1) is 22.2. The van der Waals surface area contributed by atoms with Crippen LogP contribution in [0.15, 0.2) is 73.2 Å². The number of halogens is 2. The van der Waals surface area contributed by atoms with Gasteiger partial charge in [0.1, 0.15) is 29.1 Å². The van der Waals surface area contributed by atoms with Gasteiger partial charge >= 0.3 is 6.09 Å². The fraction of sp³-hybridized carbons (Fsp3) is 0.250. The summed E-state index contributed by atoms with van der Waals surface area (Å²) in [6.45, 7) is 3.56. The number of ether oxygens (including phenoxy) is 2. The first-order valence-electron chi connectivity index (χ1n) is 14.6. The number of nitrogens with zero attached hydrogens (tertiary/aromatic N) is 6. The second kappa shape index (κ2) is 11.8. The van der Waals surface area contributed by atoms with E-state index in [2.05, 4.69) is 20.1 Å². The van der Waals surface area contributed by atoms with Gasteiger partial charge in [-0.2, -0.15) is 5.10 Å². The molecule has 1 saturated carbocycles. The number of fused-ring (bicyclic) bond motifs is 1. The van der Waals surface area contributed by atoms with Gasteiger partial charge in [0.15, 0.2) is 0 Å². The van der Waals surface area contributed by atoms with Crippen LogP contribution in [0.4, 0.5) is 16.3 Å². The molecule has 1 spiro atoms. The van der Waals surface area contributed by atoms with Crippen molar-refractivity contribution in [1.82, 2.24) is 25.1 Å². The highest BCUT2D eigenvalue weighted by Crippen LogP contribution is 2.45. The summed E-state index contributed by atoms with van der Waals surface area (Å²) in [5, 5.41) is 20.3. The van der Waals surface area contributed by atoms with E-state index in [1.807, 2.05) is 37.3 Å². The van der Waals surface area contributed by atoms with Gasteiger partial charge in [-0.3, -0.25) is 25.1 Å². The molecule has 1 aliphatic heterocycles. The number of hydrogen-bond acceptors (Lipinski definition) is 9. The number of H-pyrrole nitrogens is 1. The minimum absolute atomic E-state index is 0.0621. The second-order valence-electron chi connectivity index (χ2n) is 11.4. The number of non-ortho nitro benzene ring substituents is 1. The molecule has 12 nitrogen and oxygen atoms in total. The van der Waals surface area contributed by atoms with Crippen LogP contribution < -0.4 is 14.4 Å². The van der Waals surface area contributed by atoms with Crippen molar-refractivity contribution in [2.45, 2.75) is 31.4 Å². The van der Waals surface area contributed by atoms with Gasteiger partial charge in [-0.15, -0.1) is 0 Å². The number of nitro groups is 1. The van der Waals surface area contributed by atoms with Gasteiger partial charge in [-0.25, -0.2) is 9.78 Å². The first-order valence-corrected chi connectivity index (χ1v) is 15.4. The van der Waals surface area contributed by atoms with E-state index in [0.29, 0.717) is 41.0 Å². The van der Waals surface area contributed by atoms with Crippen molar-refractivity contribution in [1.29, 1.82) is 0 Å². The molecular weight excluding hydrogens is 633 g/mol. The summed E-state index contributed by atoms with van der Waals surface area (Å²) in [6.07, 6.45) is 5.74. The number of nitro benzene ring substituents is 1. The molecule has 0 unspecified atom stereocenters. The fourth-order valence-electron chi connectivity index (χ4n) is 5.89. The predicted molar refractivity (Wildman–Crippen MR) is 173 cm³/mol. The number of aromatic amines is 1. The van der Waals surface area contributed by atoms with Crippen molar-refractivity contribution in [3.05, 3.63) is 98.9 Å². The molecule has 0 radical (unpaired) electrons. The van der Waals surface area contributed by atoms with Crippen LogP contribution in [-0.4, -0.2) is 61.3 Å². The van der Waals surface area contributed by atoms with Gasteiger partial charge in [0.2, 0.25) is 0 Å². The fourth-order valence-corrected chi connectivity index (χ4v) is 6.57. The highest BCUT2D eigenvalue weighted by molar-refractivity contribution is 6.35. The van der Waals surface area contributed by atoms with Crippen LogP contribution in [-0.2, 0) is 0 Å². The van der Waals surface area contributed by atoms with E-state index in [-0.39, 0.29) is 17.0 Å². The molecular formula is C32H27Cl2N7O5. The van der Waals surface area contributed by atoms with Crippen LogP contribution >= 0.6 is 23.2 Å². The zero-order chi connectivity index (χ0) is 32.0. The Kier molecular flexibility index (Phi) is 7.61. The number of pyridine rings is 2. The first kappa shape index (κ1) is 29.8. The minimum Gasteiger partial charge on any atom is -0.486 e. The standard InChI is InChI=1S/C32H27Cl2N7O5/c1-19(29-25(33)16-35-17-26(29)34)45-23-7-8-27-24(14-23)30(38-37-27)20-2-9-28(36-15-20)39-12-13-40(32(18-39)10-11-32)31(42)46-22-5-3-21(4-6-22)41(43)44/h2-9,14-17,19H,10-13,18H2,1H3,(H,37,38)/t19-/m1/s1. The lowest BCUT2D eigenvalue weighted by atomic mass is 10.1. The molecule has 2 aromatic carbocycles. The molecule has 7 rings (SSSR count). The Bertz CT molecular complexity index is 1930. The quantitative estimate of drug-likeness (QED) is 0.141. The van der Waals surface area contributed by atoms with Crippen LogP contribution in [0.2, 0.25) is 10.0 Å². The van der Waals surface area contributed by atoms with Gasteiger partial charge in [-0.05, 0) is 62.2 Å². The van der Waals surface area contributed by atoms with Crippen LogP contribution in [0.1, 0.15) is 31.4 Å². The maximum absolute atomic E-state index is 13.1. The van der Waals surface area contributed by atoms with Crippen molar-refractivity contribution < 1.29 is 19.2 Å². The van der Waals surface area contributed by atoms with E-state index < -0.39 is 17.1 Å². The molecule has 0 bridgehead atoms. The van der Waals surface area contributed by atoms with Crippen LogP contribution in [0.3, 0.4) is 0 Å². The lowest BCUT2D eigenvalue weighted by Crippen LogP contribution is -2.58. The topological polar surface area (TPSA) is 140 Å². The summed E-state index contributed by atoms with van der Waals surface area (Å²) < 4.78 is 11.8. The molecule has 5 aromatic rings. The third-order valence-corrected chi connectivity index (χ3v) is 9.04. The summed E-state index contributed by atoms with van der Waals surface area (Å²) in [4.78, 5) is 36.2. The van der Waals surface area contributed by atoms with Gasteiger partial charge in [-0.1, -0.05) is 23.2 Å². The molecule has 2 aliphatic rings. The number of aromatic nitrogens is 4. The summed E-state index contributed by atoms with van der Waals surface area (Å²) >= 11 is 12.7. The molecule has 3 aromatic heterocycles. The van der Waals surface area contributed by atoms with Crippen molar-refractivity contribution in [2.75, 3.05) is 24.5 Å². The van der Waals surface area contributed by atoms with Crippen molar-refractivity contribution >= 4 is 51.7 Å². The molecule has 46 heavy (non-hydrogen) atoms. The molecule has 1 amide bonds. The zero-order valence-corrected chi connectivity index (χ0v) is 26.0. The molecule has 1 atom stereocenters. The Morgan fingerprint density at radius 1 is 1.02 bits per heavy atom. The second-order valence-corrected chi connectivity index (χ2v) is 12.2. The largest absolute Gasteiger partial charge is 0.486 e. The molecule has 1 aliphatic carbocycles. The summed E-state index contributed by atoms with van der Waals surface area (Å²) in [7, 11) is 0. The summed E-state index contributed by atoms with van der Waals surface area (Å²) in [6, 6.07) is 15.1. The van der Waals surface area contributed by atoms with Gasteiger partial charge in [0.05, 0.1) is 26.0 Å². The Hall–Kier alpha value is -4.94. The average Bonchev–Trinajstić information content (AvgIpc) is 3.67. The maximum atomic E-state index is 13.1. The number of carbonyl (C=O) groups is 1. The summed E-state index contributed by atoms with van der Waals surface area (Å²) in [5.41, 5.74) is 2.71. The molecule has 234 valence electrons. The van der Waals surface area contributed by atoms with E-state index in [1.54, 1.807) is 23.5 Å². The summed E-state index contributed by atoms with van der Waals surface area (Å²) in [5.74, 6) is 1.71. The number of nitrogens with one attached hydrogen (secondary N) is 1. The van der Waals surface area contributed by atoms with Crippen molar-refractivity contribution in [3.8, 4) is 22.8 Å². The zero-order valence-electron chi connectivity index (χ0n) is 24.5. The van der Waals surface area contributed by atoms with Crippen LogP contribution in [0.25, 0.3) is 22.2 Å². The van der Waals surface area contributed by atoms with Gasteiger partial charge < -0.3 is 14.4 Å². The Balaban J connectivity index is 1.04. The van der Waals surface area contributed by atoms with Crippen LogP contribution in [0.5, 0.6) is 11.5 Å². The SMILES string of the molecule is C[C@@H](Oc1ccc2[nH]nc(-c3ccc(N4CCN(C(=O)Oc5ccc([N+](=O)[O-])cc5)C5(CC5)C4)nc3)c2c1)c1c(Cl)cncc1Cl. The number of rotatable bonds is 7. The highest BCUT2D eigenvalue weighted by atomic mass is 35.5. The molecule has 1 N–H and O–H groups in total. The van der Waals surface area contributed by atoms with E-state index in [9.17, 15) is 14.9 Å². The normalized spacial score (nSPS) is 16.0. The van der Waals surface area contributed by atoms with E-state index in [0.717, 1.165) is 40.8 Å². The minimum atomic E-state index is -0.493.